The summed E-state index contributed by atoms with van der Waals surface area (Å²) < 4.78 is 6.66. The van der Waals surface area contributed by atoms with Gasteiger partial charge in [0.05, 0.1) is 22.6 Å². The van der Waals surface area contributed by atoms with Crippen LogP contribution >= 0.6 is 23.2 Å². The molecule has 7 heteroatoms. The van der Waals surface area contributed by atoms with Gasteiger partial charge in [-0.3, -0.25) is 0 Å². The molecule has 0 saturated carbocycles. The second kappa shape index (κ2) is 6.12. The van der Waals surface area contributed by atoms with Gasteiger partial charge in [-0.15, -0.1) is 11.6 Å². The van der Waals surface area contributed by atoms with Gasteiger partial charge in [-0.2, -0.15) is 0 Å². The minimum atomic E-state index is -0.797. The third-order valence-electron chi connectivity index (χ3n) is 2.67. The zero-order valence-electron chi connectivity index (χ0n) is 10.1. The number of benzene rings is 1. The number of nitrogens with zero attached hydrogens (tertiary/aromatic N) is 2. The molecular weight excluding hydrogens is 289 g/mol. The largest absolute Gasteiger partial charge is 0.448 e. The average Bonchev–Trinajstić information content (AvgIpc) is 2.69. The number of fused-ring (bicyclic) bond motifs is 1. The maximum absolute atomic E-state index is 10.6. The topological polar surface area (TPSA) is 70.1 Å². The molecule has 0 bridgehead atoms. The standard InChI is InChI=1S/C12H13Cl2N3O2/c13-5-4-10-16-9-3-1-2-8(14)11(9)17(10)6-7-19-12(15)18/h1-3H,4-7H2,(H2,15,18). The number of ether oxygens (including phenoxy) is 1. The van der Waals surface area contributed by atoms with Crippen LogP contribution in [0.15, 0.2) is 18.2 Å². The molecule has 0 spiro atoms. The van der Waals surface area contributed by atoms with Gasteiger partial charge in [0.1, 0.15) is 12.4 Å². The number of nitrogens with two attached hydrogens (primary N) is 1. The fourth-order valence-corrected chi connectivity index (χ4v) is 2.38. The predicted octanol–water partition coefficient (Wildman–Crippen LogP) is 2.57. The quantitative estimate of drug-likeness (QED) is 0.863. The molecule has 1 amide bonds. The van der Waals surface area contributed by atoms with Gasteiger partial charge in [0, 0.05) is 12.3 Å². The first-order valence-corrected chi connectivity index (χ1v) is 6.66. The van der Waals surface area contributed by atoms with Gasteiger partial charge < -0.3 is 15.0 Å². The molecule has 0 aliphatic carbocycles. The number of rotatable bonds is 5. The molecule has 102 valence electrons. The Morgan fingerprint density at radius 3 is 2.95 bits per heavy atom. The maximum Gasteiger partial charge on any atom is 0.404 e. The number of imidazole rings is 1. The van der Waals surface area contributed by atoms with Crippen LogP contribution in [0.25, 0.3) is 11.0 Å². The molecule has 1 aromatic carbocycles. The molecule has 0 aliphatic rings. The van der Waals surface area contributed by atoms with E-state index in [9.17, 15) is 4.79 Å². The van der Waals surface area contributed by atoms with Crippen LogP contribution in [-0.2, 0) is 17.7 Å². The van der Waals surface area contributed by atoms with Gasteiger partial charge in [0.2, 0.25) is 0 Å². The van der Waals surface area contributed by atoms with Crippen molar-refractivity contribution in [1.82, 2.24) is 9.55 Å². The summed E-state index contributed by atoms with van der Waals surface area (Å²) >= 11 is 12.0. The summed E-state index contributed by atoms with van der Waals surface area (Å²) in [7, 11) is 0. The summed E-state index contributed by atoms with van der Waals surface area (Å²) in [5, 5.41) is 0.602. The van der Waals surface area contributed by atoms with Gasteiger partial charge in [-0.05, 0) is 12.1 Å². The maximum atomic E-state index is 10.6. The number of amides is 1. The van der Waals surface area contributed by atoms with Crippen LogP contribution in [0.4, 0.5) is 4.79 Å². The molecule has 2 aromatic rings. The van der Waals surface area contributed by atoms with Crippen LogP contribution in [-0.4, -0.2) is 28.1 Å². The van der Waals surface area contributed by atoms with Crippen molar-refractivity contribution in [3.8, 4) is 0 Å². The Kier molecular flexibility index (Phi) is 4.50. The SMILES string of the molecule is NC(=O)OCCn1c(CCCl)nc2cccc(Cl)c21. The number of hydrogen-bond donors (Lipinski definition) is 1. The Morgan fingerprint density at radius 1 is 1.47 bits per heavy atom. The number of primary amides is 1. The number of carbonyl (C=O) groups is 1. The molecule has 0 atom stereocenters. The van der Waals surface area contributed by atoms with Crippen molar-refractivity contribution >= 4 is 40.3 Å². The zero-order chi connectivity index (χ0) is 13.8. The van der Waals surface area contributed by atoms with Crippen LogP contribution in [0.5, 0.6) is 0 Å². The second-order valence-electron chi connectivity index (χ2n) is 3.89. The molecular formula is C12H13Cl2N3O2. The number of hydrogen-bond acceptors (Lipinski definition) is 3. The highest BCUT2D eigenvalue weighted by atomic mass is 35.5. The lowest BCUT2D eigenvalue weighted by atomic mass is 10.3. The molecule has 19 heavy (non-hydrogen) atoms. The Bertz CT molecular complexity index is 598. The Balaban J connectivity index is 2.36. The Labute approximate surface area is 120 Å². The molecule has 0 fully saturated rings. The van der Waals surface area contributed by atoms with E-state index in [4.69, 9.17) is 33.7 Å². The third-order valence-corrected chi connectivity index (χ3v) is 3.17. The van der Waals surface area contributed by atoms with E-state index in [0.29, 0.717) is 23.9 Å². The van der Waals surface area contributed by atoms with E-state index >= 15 is 0 Å². The Hall–Kier alpha value is -1.46. The lowest BCUT2D eigenvalue weighted by Gasteiger charge is -2.09. The number of para-hydroxylation sites is 1. The van der Waals surface area contributed by atoms with E-state index in [1.54, 1.807) is 6.07 Å². The first-order chi connectivity index (χ1) is 9.13. The minimum Gasteiger partial charge on any atom is -0.448 e. The third kappa shape index (κ3) is 3.11. The van der Waals surface area contributed by atoms with Crippen molar-refractivity contribution in [2.24, 2.45) is 5.73 Å². The second-order valence-corrected chi connectivity index (χ2v) is 4.68. The van der Waals surface area contributed by atoms with E-state index in [-0.39, 0.29) is 6.61 Å². The van der Waals surface area contributed by atoms with Crippen LogP contribution in [0.1, 0.15) is 5.82 Å². The first-order valence-electron chi connectivity index (χ1n) is 5.75. The molecule has 0 radical (unpaired) electrons. The number of aromatic nitrogens is 2. The first kappa shape index (κ1) is 14.0. The summed E-state index contributed by atoms with van der Waals surface area (Å²) in [5.74, 6) is 1.27. The van der Waals surface area contributed by atoms with Crippen LogP contribution in [0.3, 0.4) is 0 Å². The average molecular weight is 302 g/mol. The molecule has 2 rings (SSSR count). The van der Waals surface area contributed by atoms with Gasteiger partial charge in [-0.1, -0.05) is 17.7 Å². The molecule has 0 unspecified atom stereocenters. The smallest absolute Gasteiger partial charge is 0.404 e. The van der Waals surface area contributed by atoms with E-state index in [1.165, 1.54) is 0 Å². The van der Waals surface area contributed by atoms with Crippen LogP contribution in [0, 0.1) is 0 Å². The van der Waals surface area contributed by atoms with Gasteiger partial charge in [-0.25, -0.2) is 9.78 Å². The van der Waals surface area contributed by atoms with Crippen molar-refractivity contribution in [2.45, 2.75) is 13.0 Å². The van der Waals surface area contributed by atoms with E-state index < -0.39 is 6.09 Å². The molecule has 0 saturated heterocycles. The van der Waals surface area contributed by atoms with Crippen molar-refractivity contribution < 1.29 is 9.53 Å². The van der Waals surface area contributed by atoms with E-state index in [2.05, 4.69) is 4.98 Å². The summed E-state index contributed by atoms with van der Waals surface area (Å²) in [6.07, 6.45) is -0.183. The molecule has 0 aliphatic heterocycles. The highest BCUT2D eigenvalue weighted by Gasteiger charge is 2.13. The minimum absolute atomic E-state index is 0.168. The van der Waals surface area contributed by atoms with E-state index in [1.807, 2.05) is 16.7 Å². The van der Waals surface area contributed by atoms with Gasteiger partial charge >= 0.3 is 6.09 Å². The number of aryl methyl sites for hydroxylation is 1. The normalized spacial score (nSPS) is 10.8. The predicted molar refractivity (Wildman–Crippen MR) is 74.7 cm³/mol. The van der Waals surface area contributed by atoms with Crippen LogP contribution in [0.2, 0.25) is 5.02 Å². The summed E-state index contributed by atoms with van der Waals surface area (Å²) in [6.45, 7) is 0.608. The Morgan fingerprint density at radius 2 is 2.26 bits per heavy atom. The van der Waals surface area contributed by atoms with Gasteiger partial charge in [0.15, 0.2) is 0 Å². The molecule has 2 N–H and O–H groups in total. The lowest BCUT2D eigenvalue weighted by molar-refractivity contribution is 0.152. The summed E-state index contributed by atoms with van der Waals surface area (Å²) in [4.78, 5) is 15.1. The summed E-state index contributed by atoms with van der Waals surface area (Å²) in [5.41, 5.74) is 6.55. The van der Waals surface area contributed by atoms with Crippen molar-refractivity contribution in [3.05, 3.63) is 29.0 Å². The summed E-state index contributed by atoms with van der Waals surface area (Å²) in [6, 6.07) is 5.51. The number of halogens is 2. The highest BCUT2D eigenvalue weighted by Crippen LogP contribution is 2.24. The number of carbonyl (C=O) groups excluding carboxylic acids is 1. The fourth-order valence-electron chi connectivity index (χ4n) is 1.94. The molecule has 1 heterocycles. The van der Waals surface area contributed by atoms with Crippen molar-refractivity contribution in [1.29, 1.82) is 0 Å². The monoisotopic (exact) mass is 301 g/mol. The zero-order valence-corrected chi connectivity index (χ0v) is 11.6. The van der Waals surface area contributed by atoms with E-state index in [0.717, 1.165) is 16.9 Å². The fraction of sp³-hybridized carbons (Fsp3) is 0.333. The highest BCUT2D eigenvalue weighted by molar-refractivity contribution is 6.35. The van der Waals surface area contributed by atoms with Crippen molar-refractivity contribution in [2.75, 3.05) is 12.5 Å². The van der Waals surface area contributed by atoms with Crippen LogP contribution < -0.4 is 5.73 Å². The molecule has 5 nitrogen and oxygen atoms in total. The number of alkyl halides is 1. The molecule has 1 aromatic heterocycles. The lowest BCUT2D eigenvalue weighted by Crippen LogP contribution is -2.17. The van der Waals surface area contributed by atoms with Gasteiger partial charge in [0.25, 0.3) is 0 Å². The van der Waals surface area contributed by atoms with Crippen molar-refractivity contribution in [3.63, 3.8) is 0 Å².